The van der Waals surface area contributed by atoms with Crippen molar-refractivity contribution >= 4 is 5.97 Å². The molecular weight excluding hydrogens is 488 g/mol. The molecule has 0 aromatic rings. The summed E-state index contributed by atoms with van der Waals surface area (Å²) in [5.74, 6) is 2.46. The third-order valence-electron chi connectivity index (χ3n) is 8.58. The van der Waals surface area contributed by atoms with Gasteiger partial charge in [0.2, 0.25) is 0 Å². The molecule has 0 aromatic heterocycles. The molecule has 0 heterocycles. The largest absolute Gasteiger partial charge is 0.481 e. The molecule has 0 aliphatic rings. The Balaban J connectivity index is 3.83. The van der Waals surface area contributed by atoms with Crippen molar-refractivity contribution in [1.82, 2.24) is 0 Å². The van der Waals surface area contributed by atoms with Crippen LogP contribution < -0.4 is 0 Å². The van der Waals surface area contributed by atoms with Gasteiger partial charge in [-0.1, -0.05) is 155 Å². The van der Waals surface area contributed by atoms with E-state index in [2.05, 4.69) is 78.0 Å². The number of unbranched alkanes of at least 4 members (excludes halogenated alkanes) is 4. The monoisotopic (exact) mass is 559 g/mol. The SMILES string of the molecule is CCC=CCC=CCC=CCCCCCCC(CCC(C)CCCC(C)CCCC(C)CCCC(C)C)C(=O)O. The average Bonchev–Trinajstić information content (AvgIpc) is 2.90. The van der Waals surface area contributed by atoms with Crippen LogP contribution in [-0.2, 0) is 4.79 Å². The van der Waals surface area contributed by atoms with E-state index in [0.717, 1.165) is 75.5 Å². The maximum Gasteiger partial charge on any atom is 0.306 e. The normalized spacial score (nSPS) is 15.5. The molecule has 0 fully saturated rings. The van der Waals surface area contributed by atoms with Crippen LogP contribution in [0.25, 0.3) is 0 Å². The maximum atomic E-state index is 11.8. The molecule has 0 aromatic carbocycles. The summed E-state index contributed by atoms with van der Waals surface area (Å²) in [6.07, 6.45) is 37.4. The molecule has 2 nitrogen and oxygen atoms in total. The number of carbonyl (C=O) groups is 1. The van der Waals surface area contributed by atoms with Crippen molar-refractivity contribution in [2.45, 2.75) is 170 Å². The molecule has 0 rings (SSSR count). The van der Waals surface area contributed by atoms with Crippen molar-refractivity contribution in [3.05, 3.63) is 36.5 Å². The molecule has 0 bridgehead atoms. The average molecular weight is 559 g/mol. The van der Waals surface area contributed by atoms with Gasteiger partial charge in [-0.05, 0) is 75.0 Å². The van der Waals surface area contributed by atoms with Crippen LogP contribution in [0.1, 0.15) is 170 Å². The Labute approximate surface area is 251 Å². The minimum Gasteiger partial charge on any atom is -0.481 e. The number of carboxylic acids is 1. The lowest BCUT2D eigenvalue weighted by Gasteiger charge is -2.18. The van der Waals surface area contributed by atoms with Gasteiger partial charge < -0.3 is 5.11 Å². The van der Waals surface area contributed by atoms with Gasteiger partial charge in [0.15, 0.2) is 0 Å². The van der Waals surface area contributed by atoms with E-state index in [4.69, 9.17) is 0 Å². The van der Waals surface area contributed by atoms with E-state index in [-0.39, 0.29) is 5.92 Å². The molecule has 0 aliphatic carbocycles. The van der Waals surface area contributed by atoms with Gasteiger partial charge in [0.1, 0.15) is 0 Å². The number of hydrogen-bond donors (Lipinski definition) is 1. The molecule has 234 valence electrons. The van der Waals surface area contributed by atoms with Gasteiger partial charge >= 0.3 is 5.97 Å². The zero-order valence-corrected chi connectivity index (χ0v) is 27.8. The van der Waals surface area contributed by atoms with Gasteiger partial charge in [-0.15, -0.1) is 0 Å². The minimum atomic E-state index is -0.583. The Kier molecular flexibility index (Phi) is 26.9. The molecule has 4 atom stereocenters. The van der Waals surface area contributed by atoms with Gasteiger partial charge in [-0.2, -0.15) is 0 Å². The Morgan fingerprint density at radius 3 is 1.52 bits per heavy atom. The smallest absolute Gasteiger partial charge is 0.306 e. The van der Waals surface area contributed by atoms with Gasteiger partial charge in [-0.25, -0.2) is 0 Å². The highest BCUT2D eigenvalue weighted by Gasteiger charge is 2.18. The van der Waals surface area contributed by atoms with E-state index in [9.17, 15) is 9.90 Å². The topological polar surface area (TPSA) is 37.3 Å². The first-order valence-corrected chi connectivity index (χ1v) is 17.4. The highest BCUT2D eigenvalue weighted by molar-refractivity contribution is 5.69. The second-order valence-electron chi connectivity index (χ2n) is 13.4. The van der Waals surface area contributed by atoms with E-state index in [1.807, 2.05) is 0 Å². The van der Waals surface area contributed by atoms with Crippen molar-refractivity contribution in [1.29, 1.82) is 0 Å². The molecule has 0 aliphatic heterocycles. The second-order valence-corrected chi connectivity index (χ2v) is 13.4. The summed E-state index contributed by atoms with van der Waals surface area (Å²) in [7, 11) is 0. The standard InChI is InChI=1S/C38H70O2/c1-7-8-9-10-11-12-13-14-15-16-17-18-19-20-30-37(38(39)40)32-31-36(6)29-23-28-35(5)27-22-26-34(4)25-21-24-33(2)3/h8-9,11-12,14-15,33-37H,7,10,13,16-32H2,1-6H3,(H,39,40). The Bertz CT molecular complexity index is 644. The fourth-order valence-electron chi connectivity index (χ4n) is 5.65. The highest BCUT2D eigenvalue weighted by Crippen LogP contribution is 2.25. The molecule has 0 saturated heterocycles. The number of hydrogen-bond acceptors (Lipinski definition) is 1. The third kappa shape index (κ3) is 26.9. The van der Waals surface area contributed by atoms with Gasteiger partial charge in [0, 0.05) is 0 Å². The van der Waals surface area contributed by atoms with E-state index >= 15 is 0 Å². The van der Waals surface area contributed by atoms with E-state index in [1.54, 1.807) is 0 Å². The molecule has 40 heavy (non-hydrogen) atoms. The van der Waals surface area contributed by atoms with E-state index < -0.39 is 5.97 Å². The van der Waals surface area contributed by atoms with Crippen LogP contribution in [0.15, 0.2) is 36.5 Å². The Morgan fingerprint density at radius 2 is 1.00 bits per heavy atom. The first-order chi connectivity index (χ1) is 19.3. The summed E-state index contributed by atoms with van der Waals surface area (Å²) in [4.78, 5) is 11.8. The quantitative estimate of drug-likeness (QED) is 0.0765. The van der Waals surface area contributed by atoms with Gasteiger partial charge in [0.25, 0.3) is 0 Å². The summed E-state index contributed by atoms with van der Waals surface area (Å²) in [5.41, 5.74) is 0. The number of carboxylic acid groups (broad SMARTS) is 1. The van der Waals surface area contributed by atoms with Crippen LogP contribution in [0, 0.1) is 29.6 Å². The summed E-state index contributed by atoms with van der Waals surface area (Å²) < 4.78 is 0. The molecule has 0 saturated carbocycles. The minimum absolute atomic E-state index is 0.150. The van der Waals surface area contributed by atoms with Crippen LogP contribution in [0.2, 0.25) is 0 Å². The number of rotatable bonds is 28. The van der Waals surface area contributed by atoms with Crippen LogP contribution in [-0.4, -0.2) is 11.1 Å². The van der Waals surface area contributed by atoms with Gasteiger partial charge in [0.05, 0.1) is 5.92 Å². The van der Waals surface area contributed by atoms with Crippen molar-refractivity contribution in [3.63, 3.8) is 0 Å². The summed E-state index contributed by atoms with van der Waals surface area (Å²) in [6, 6.07) is 0. The lowest BCUT2D eigenvalue weighted by Crippen LogP contribution is -2.15. The number of aliphatic carboxylic acids is 1. The number of allylic oxidation sites excluding steroid dienone is 6. The van der Waals surface area contributed by atoms with Crippen LogP contribution >= 0.6 is 0 Å². The highest BCUT2D eigenvalue weighted by atomic mass is 16.4. The summed E-state index contributed by atoms with van der Waals surface area (Å²) in [6.45, 7) is 14.0. The molecule has 0 amide bonds. The van der Waals surface area contributed by atoms with E-state index in [0.29, 0.717) is 5.92 Å². The van der Waals surface area contributed by atoms with Crippen LogP contribution in [0.4, 0.5) is 0 Å². The third-order valence-corrected chi connectivity index (χ3v) is 8.58. The van der Waals surface area contributed by atoms with Crippen LogP contribution in [0.5, 0.6) is 0 Å². The zero-order valence-electron chi connectivity index (χ0n) is 27.8. The molecule has 0 spiro atoms. The van der Waals surface area contributed by atoms with Crippen molar-refractivity contribution in [2.75, 3.05) is 0 Å². The molecule has 2 heteroatoms. The predicted octanol–water partition coefficient (Wildman–Crippen LogP) is 12.7. The van der Waals surface area contributed by atoms with Crippen molar-refractivity contribution in [2.24, 2.45) is 29.6 Å². The second kappa shape index (κ2) is 27.8. The van der Waals surface area contributed by atoms with Crippen LogP contribution in [0.3, 0.4) is 0 Å². The first kappa shape index (κ1) is 38.7. The molecule has 4 unspecified atom stereocenters. The summed E-state index contributed by atoms with van der Waals surface area (Å²) >= 11 is 0. The fraction of sp³-hybridized carbons (Fsp3) is 0.816. The van der Waals surface area contributed by atoms with E-state index in [1.165, 1.54) is 70.6 Å². The van der Waals surface area contributed by atoms with Crippen molar-refractivity contribution < 1.29 is 9.90 Å². The van der Waals surface area contributed by atoms with Gasteiger partial charge in [-0.3, -0.25) is 4.79 Å². The lowest BCUT2D eigenvalue weighted by atomic mass is 9.88. The first-order valence-electron chi connectivity index (χ1n) is 17.4. The zero-order chi connectivity index (χ0) is 29.8. The molecular formula is C38H70O2. The predicted molar refractivity (Wildman–Crippen MR) is 179 cm³/mol. The Morgan fingerprint density at radius 1 is 0.525 bits per heavy atom. The van der Waals surface area contributed by atoms with Crippen molar-refractivity contribution in [3.8, 4) is 0 Å². The lowest BCUT2D eigenvalue weighted by molar-refractivity contribution is -0.142. The molecule has 0 radical (unpaired) electrons. The summed E-state index contributed by atoms with van der Waals surface area (Å²) in [5, 5.41) is 9.71. The molecule has 1 N–H and O–H groups in total. The Hall–Kier alpha value is -1.31. The fourth-order valence-corrected chi connectivity index (χ4v) is 5.65. The maximum absolute atomic E-state index is 11.8.